The van der Waals surface area contributed by atoms with Crippen molar-refractivity contribution in [3.05, 3.63) is 34.9 Å². The lowest BCUT2D eigenvalue weighted by atomic mass is 9.82. The van der Waals surface area contributed by atoms with E-state index in [2.05, 4.69) is 0 Å². The predicted molar refractivity (Wildman–Crippen MR) is 91.8 cm³/mol. The molecule has 0 saturated heterocycles. The molecule has 2 N–H and O–H groups in total. The van der Waals surface area contributed by atoms with Gasteiger partial charge in [0, 0.05) is 0 Å². The Kier molecular flexibility index (Phi) is 4.34. The number of rotatable bonds is 2. The number of aryl methyl sites for hydroxylation is 1. The fourth-order valence-corrected chi connectivity index (χ4v) is 4.16. The summed E-state index contributed by atoms with van der Waals surface area (Å²) in [4.78, 5) is -0.593. The van der Waals surface area contributed by atoms with Crippen LogP contribution in [0.25, 0.3) is 10.8 Å². The highest BCUT2D eigenvalue weighted by Crippen LogP contribution is 2.37. The van der Waals surface area contributed by atoms with E-state index >= 15 is 0 Å². The number of hydrogen-bond donors (Lipinski definition) is 2. The Morgan fingerprint density at radius 1 is 0.833 bits per heavy atom. The van der Waals surface area contributed by atoms with Crippen LogP contribution in [0.15, 0.2) is 28.0 Å². The van der Waals surface area contributed by atoms with Crippen LogP contribution < -0.4 is 0 Å². The fourth-order valence-electron chi connectivity index (χ4n) is 2.80. The van der Waals surface area contributed by atoms with E-state index in [1.165, 1.54) is 18.2 Å². The molecule has 0 aliphatic heterocycles. The zero-order valence-corrected chi connectivity index (χ0v) is 15.7. The third kappa shape index (κ3) is 3.32. The molecule has 8 heteroatoms. The van der Waals surface area contributed by atoms with Gasteiger partial charge in [-0.1, -0.05) is 20.8 Å². The van der Waals surface area contributed by atoms with Gasteiger partial charge in [-0.2, -0.15) is 16.8 Å². The van der Waals surface area contributed by atoms with Crippen molar-refractivity contribution >= 4 is 31.0 Å². The van der Waals surface area contributed by atoms with Crippen molar-refractivity contribution < 1.29 is 25.9 Å². The highest BCUT2D eigenvalue weighted by Gasteiger charge is 2.25. The lowest BCUT2D eigenvalue weighted by molar-refractivity contribution is 0.481. The fraction of sp³-hybridized carbons (Fsp3) is 0.375. The van der Waals surface area contributed by atoms with E-state index in [0.717, 1.165) is 0 Å². The topological polar surface area (TPSA) is 109 Å². The maximum atomic E-state index is 11.6. The normalized spacial score (nSPS) is 13.5. The number of benzene rings is 2. The third-order valence-electron chi connectivity index (χ3n) is 4.12. The SMILES string of the molecule is Cc1c(S(=O)(=O)O)cc2cc(S(=O)(=O)O)cc(C(C)(C)C)c2c1C. The van der Waals surface area contributed by atoms with Crippen LogP contribution in [0, 0.1) is 13.8 Å². The minimum absolute atomic E-state index is 0.278. The zero-order chi connectivity index (χ0) is 18.7. The molecular formula is C16H20O6S2. The Labute approximate surface area is 142 Å². The molecular weight excluding hydrogens is 352 g/mol. The van der Waals surface area contributed by atoms with Crippen molar-refractivity contribution in [2.45, 2.75) is 49.8 Å². The van der Waals surface area contributed by atoms with Crippen molar-refractivity contribution in [2.75, 3.05) is 0 Å². The Morgan fingerprint density at radius 2 is 1.38 bits per heavy atom. The van der Waals surface area contributed by atoms with Crippen LogP contribution in [0.1, 0.15) is 37.5 Å². The summed E-state index contributed by atoms with van der Waals surface area (Å²) >= 11 is 0. The largest absolute Gasteiger partial charge is 0.294 e. The first-order valence-corrected chi connectivity index (χ1v) is 10.1. The molecule has 0 bridgehead atoms. The van der Waals surface area contributed by atoms with Gasteiger partial charge in [-0.25, -0.2) is 0 Å². The molecule has 24 heavy (non-hydrogen) atoms. The standard InChI is InChI=1S/C16H20O6S2/c1-9-10(2)15-11(7-14(9)24(20,21)22)6-12(23(17,18)19)8-13(15)16(3,4)5/h6-8H,1-5H3,(H,17,18,19)(H,20,21,22). The maximum Gasteiger partial charge on any atom is 0.294 e. The molecule has 0 heterocycles. The van der Waals surface area contributed by atoms with E-state index in [1.54, 1.807) is 13.8 Å². The van der Waals surface area contributed by atoms with E-state index in [1.807, 2.05) is 20.8 Å². The van der Waals surface area contributed by atoms with Crippen LogP contribution in [-0.4, -0.2) is 25.9 Å². The molecule has 0 amide bonds. The first-order chi connectivity index (χ1) is 10.6. The van der Waals surface area contributed by atoms with Crippen molar-refractivity contribution in [1.29, 1.82) is 0 Å². The van der Waals surface area contributed by atoms with Crippen LogP contribution in [0.3, 0.4) is 0 Å². The molecule has 2 rings (SSSR count). The van der Waals surface area contributed by atoms with Gasteiger partial charge in [-0.3, -0.25) is 9.11 Å². The van der Waals surface area contributed by atoms with Crippen molar-refractivity contribution in [1.82, 2.24) is 0 Å². The lowest BCUT2D eigenvalue weighted by Crippen LogP contribution is -2.15. The van der Waals surface area contributed by atoms with Crippen molar-refractivity contribution in [2.24, 2.45) is 0 Å². The highest BCUT2D eigenvalue weighted by molar-refractivity contribution is 7.86. The molecule has 2 aromatic carbocycles. The summed E-state index contributed by atoms with van der Waals surface area (Å²) in [5, 5.41) is 1.03. The number of hydrogen-bond acceptors (Lipinski definition) is 4. The van der Waals surface area contributed by atoms with Gasteiger partial charge in [-0.05, 0) is 64.9 Å². The summed E-state index contributed by atoms with van der Waals surface area (Å²) < 4.78 is 65.2. The van der Waals surface area contributed by atoms with Gasteiger partial charge >= 0.3 is 0 Å². The Balaban J connectivity index is 3.14. The minimum atomic E-state index is -4.46. The number of fused-ring (bicyclic) bond motifs is 1. The predicted octanol–water partition coefficient (Wildman–Crippen LogP) is 3.25. The second-order valence-electron chi connectivity index (χ2n) is 6.89. The average molecular weight is 372 g/mol. The summed E-state index contributed by atoms with van der Waals surface area (Å²) in [6.07, 6.45) is 0. The highest BCUT2D eigenvalue weighted by atomic mass is 32.2. The molecule has 0 saturated carbocycles. The Hall–Kier alpha value is -1.48. The van der Waals surface area contributed by atoms with Gasteiger partial charge < -0.3 is 0 Å². The van der Waals surface area contributed by atoms with Gasteiger partial charge in [0.15, 0.2) is 0 Å². The second-order valence-corrected chi connectivity index (χ2v) is 9.71. The molecule has 0 fully saturated rings. The van der Waals surface area contributed by atoms with Gasteiger partial charge in [0.05, 0.1) is 9.79 Å². The molecule has 6 nitrogen and oxygen atoms in total. The van der Waals surface area contributed by atoms with E-state index in [9.17, 15) is 25.9 Å². The molecule has 132 valence electrons. The van der Waals surface area contributed by atoms with Crippen molar-refractivity contribution in [3.63, 3.8) is 0 Å². The summed E-state index contributed by atoms with van der Waals surface area (Å²) in [5.41, 5.74) is 1.24. The maximum absolute atomic E-state index is 11.6. The van der Waals surface area contributed by atoms with Crippen molar-refractivity contribution in [3.8, 4) is 0 Å². The minimum Gasteiger partial charge on any atom is -0.282 e. The molecule has 0 aromatic heterocycles. The molecule has 0 aliphatic carbocycles. The summed E-state index contributed by atoms with van der Waals surface area (Å²) in [7, 11) is -8.92. The smallest absolute Gasteiger partial charge is 0.282 e. The van der Waals surface area contributed by atoms with Crippen LogP contribution in [0.5, 0.6) is 0 Å². The first-order valence-electron chi connectivity index (χ1n) is 7.17. The Morgan fingerprint density at radius 3 is 1.79 bits per heavy atom. The molecule has 2 aromatic rings. The monoisotopic (exact) mass is 372 g/mol. The van der Waals surface area contributed by atoms with Crippen LogP contribution in [0.4, 0.5) is 0 Å². The Bertz CT molecular complexity index is 1040. The second kappa shape index (κ2) is 5.52. The molecule has 0 unspecified atom stereocenters. The van der Waals surface area contributed by atoms with Gasteiger partial charge in [0.25, 0.3) is 20.2 Å². The van der Waals surface area contributed by atoms with E-state index in [4.69, 9.17) is 0 Å². The third-order valence-corrected chi connectivity index (χ3v) is 5.93. The summed E-state index contributed by atoms with van der Waals surface area (Å²) in [5.74, 6) is 0. The van der Waals surface area contributed by atoms with Crippen LogP contribution in [0.2, 0.25) is 0 Å². The molecule has 0 radical (unpaired) electrons. The van der Waals surface area contributed by atoms with Gasteiger partial charge in [0.2, 0.25) is 0 Å². The van der Waals surface area contributed by atoms with Crippen LogP contribution in [-0.2, 0) is 25.7 Å². The molecule has 0 atom stereocenters. The quantitative estimate of drug-likeness (QED) is 0.783. The van der Waals surface area contributed by atoms with E-state index in [-0.39, 0.29) is 9.79 Å². The van der Waals surface area contributed by atoms with Gasteiger partial charge in [-0.15, -0.1) is 0 Å². The zero-order valence-electron chi connectivity index (χ0n) is 14.1. The average Bonchev–Trinajstić information content (AvgIpc) is 2.38. The summed E-state index contributed by atoms with van der Waals surface area (Å²) in [6, 6.07) is 3.84. The summed E-state index contributed by atoms with van der Waals surface area (Å²) in [6.45, 7) is 8.97. The van der Waals surface area contributed by atoms with E-state index in [0.29, 0.717) is 27.5 Å². The molecule has 0 spiro atoms. The lowest BCUT2D eigenvalue weighted by Gasteiger charge is -2.24. The van der Waals surface area contributed by atoms with Crippen LogP contribution >= 0.6 is 0 Å². The van der Waals surface area contributed by atoms with E-state index < -0.39 is 25.7 Å². The molecule has 0 aliphatic rings. The first kappa shape index (κ1) is 18.9. The van der Waals surface area contributed by atoms with Gasteiger partial charge in [0.1, 0.15) is 0 Å².